The summed E-state index contributed by atoms with van der Waals surface area (Å²) in [5.41, 5.74) is 0.609. The van der Waals surface area contributed by atoms with Crippen molar-refractivity contribution in [1.29, 1.82) is 0 Å². The second kappa shape index (κ2) is 8.79. The Morgan fingerprint density at radius 1 is 1.22 bits per heavy atom. The normalized spacial score (nSPS) is 16.5. The summed E-state index contributed by atoms with van der Waals surface area (Å²) < 4.78 is 7.38. The number of benzene rings is 1. The Morgan fingerprint density at radius 2 is 2.00 bits per heavy atom. The molecule has 3 rings (SSSR count). The van der Waals surface area contributed by atoms with E-state index in [0.717, 1.165) is 30.8 Å². The number of likely N-dealkylation sites (tertiary alicyclic amines) is 1. The van der Waals surface area contributed by atoms with Crippen molar-refractivity contribution in [2.75, 3.05) is 13.2 Å². The molecule has 2 heterocycles. The minimum absolute atomic E-state index is 0.00301. The lowest BCUT2D eigenvalue weighted by molar-refractivity contribution is -0.132. The molecule has 144 valence electrons. The van der Waals surface area contributed by atoms with Crippen LogP contribution in [-0.4, -0.2) is 44.5 Å². The predicted molar refractivity (Wildman–Crippen MR) is 100 cm³/mol. The number of Topliss-reactive ketones (excluding diaryl/α,β-unsaturated/α-hetero) is 1. The van der Waals surface area contributed by atoms with E-state index < -0.39 is 0 Å². The molecular formula is C20H26N4O3. The van der Waals surface area contributed by atoms with Gasteiger partial charge in [0, 0.05) is 32.0 Å². The Morgan fingerprint density at radius 3 is 2.67 bits per heavy atom. The molecule has 1 saturated heterocycles. The third-order valence-corrected chi connectivity index (χ3v) is 4.83. The highest BCUT2D eigenvalue weighted by Crippen LogP contribution is 2.31. The fraction of sp³-hybridized carbons (Fsp3) is 0.500. The number of ketones is 1. The van der Waals surface area contributed by atoms with Gasteiger partial charge >= 0.3 is 0 Å². The average molecular weight is 370 g/mol. The summed E-state index contributed by atoms with van der Waals surface area (Å²) in [6, 6.07) is 7.08. The van der Waals surface area contributed by atoms with Gasteiger partial charge in [0.15, 0.2) is 11.6 Å². The molecule has 1 aliphatic rings. The van der Waals surface area contributed by atoms with Gasteiger partial charge in [-0.1, -0.05) is 6.92 Å². The fourth-order valence-corrected chi connectivity index (χ4v) is 3.39. The lowest BCUT2D eigenvalue weighted by atomic mass is 10.1. The number of carbonyl (C=O) groups excluding carboxylic acids is 2. The molecule has 0 spiro atoms. The molecule has 0 unspecified atom stereocenters. The molecule has 0 aliphatic carbocycles. The number of hydrogen-bond donors (Lipinski definition) is 0. The monoisotopic (exact) mass is 370 g/mol. The highest BCUT2D eigenvalue weighted by Gasteiger charge is 2.32. The zero-order valence-electron chi connectivity index (χ0n) is 15.9. The fourth-order valence-electron chi connectivity index (χ4n) is 3.39. The van der Waals surface area contributed by atoms with E-state index in [1.54, 1.807) is 30.6 Å². The zero-order valence-corrected chi connectivity index (χ0v) is 15.9. The van der Waals surface area contributed by atoms with E-state index >= 15 is 0 Å². The molecule has 0 radical (unpaired) electrons. The zero-order chi connectivity index (χ0) is 19.2. The standard InChI is InChI=1S/C20H26N4O3/c1-3-13-27-16-8-6-15(7-9-16)18(25)10-11-19(26)24-12-4-5-17(24)20-22-21-14-23(20)2/h6-9,14,17H,3-5,10-13H2,1-2H3/t17-/m0/s1. The van der Waals surface area contributed by atoms with E-state index in [1.165, 1.54) is 0 Å². The van der Waals surface area contributed by atoms with Crippen LogP contribution in [0.25, 0.3) is 0 Å². The topological polar surface area (TPSA) is 77.3 Å². The first-order valence-corrected chi connectivity index (χ1v) is 9.49. The highest BCUT2D eigenvalue weighted by atomic mass is 16.5. The maximum atomic E-state index is 12.7. The van der Waals surface area contributed by atoms with Gasteiger partial charge in [0.2, 0.25) is 5.91 Å². The minimum atomic E-state index is -0.0462. The van der Waals surface area contributed by atoms with Crippen LogP contribution >= 0.6 is 0 Å². The average Bonchev–Trinajstić information content (AvgIpc) is 3.33. The quantitative estimate of drug-likeness (QED) is 0.668. The summed E-state index contributed by atoms with van der Waals surface area (Å²) in [4.78, 5) is 26.9. The number of rotatable bonds is 8. The van der Waals surface area contributed by atoms with Crippen LogP contribution in [0, 0.1) is 0 Å². The van der Waals surface area contributed by atoms with Gasteiger partial charge in [-0.05, 0) is 43.5 Å². The van der Waals surface area contributed by atoms with Crippen LogP contribution in [0.15, 0.2) is 30.6 Å². The Labute approximate surface area is 159 Å². The maximum absolute atomic E-state index is 12.7. The number of ether oxygens (including phenoxy) is 1. The van der Waals surface area contributed by atoms with Crippen LogP contribution in [0.1, 0.15) is 61.3 Å². The molecule has 27 heavy (non-hydrogen) atoms. The van der Waals surface area contributed by atoms with Gasteiger partial charge in [0.1, 0.15) is 12.1 Å². The highest BCUT2D eigenvalue weighted by molar-refractivity contribution is 5.98. The second-order valence-electron chi connectivity index (χ2n) is 6.84. The van der Waals surface area contributed by atoms with Crippen molar-refractivity contribution < 1.29 is 14.3 Å². The van der Waals surface area contributed by atoms with Crippen molar-refractivity contribution in [3.8, 4) is 5.75 Å². The van der Waals surface area contributed by atoms with Gasteiger partial charge in [0.25, 0.3) is 0 Å². The summed E-state index contributed by atoms with van der Waals surface area (Å²) in [7, 11) is 1.88. The van der Waals surface area contributed by atoms with Crippen molar-refractivity contribution in [2.45, 2.75) is 45.1 Å². The van der Waals surface area contributed by atoms with Gasteiger partial charge in [-0.3, -0.25) is 9.59 Å². The third-order valence-electron chi connectivity index (χ3n) is 4.83. The number of amides is 1. The first-order valence-electron chi connectivity index (χ1n) is 9.49. The van der Waals surface area contributed by atoms with E-state index in [1.807, 2.05) is 23.4 Å². The summed E-state index contributed by atoms with van der Waals surface area (Å²) in [5.74, 6) is 1.53. The molecule has 1 fully saturated rings. The van der Waals surface area contributed by atoms with Crippen LogP contribution in [0.2, 0.25) is 0 Å². The molecule has 7 heteroatoms. The van der Waals surface area contributed by atoms with Gasteiger partial charge in [-0.25, -0.2) is 0 Å². The molecule has 1 aromatic heterocycles. The number of aromatic nitrogens is 3. The number of nitrogens with zero attached hydrogens (tertiary/aromatic N) is 4. The van der Waals surface area contributed by atoms with Crippen LogP contribution in [-0.2, 0) is 11.8 Å². The van der Waals surface area contributed by atoms with Crippen LogP contribution in [0.4, 0.5) is 0 Å². The van der Waals surface area contributed by atoms with Crippen molar-refractivity contribution in [1.82, 2.24) is 19.7 Å². The van der Waals surface area contributed by atoms with Crippen LogP contribution in [0.3, 0.4) is 0 Å². The molecule has 1 aromatic carbocycles. The van der Waals surface area contributed by atoms with E-state index in [4.69, 9.17) is 4.74 Å². The van der Waals surface area contributed by atoms with Gasteiger partial charge in [-0.2, -0.15) is 0 Å². The van der Waals surface area contributed by atoms with Crippen molar-refractivity contribution in [2.24, 2.45) is 7.05 Å². The maximum Gasteiger partial charge on any atom is 0.223 e. The number of aryl methyl sites for hydroxylation is 1. The van der Waals surface area contributed by atoms with Gasteiger partial charge in [0.05, 0.1) is 12.6 Å². The second-order valence-corrected chi connectivity index (χ2v) is 6.84. The first kappa shape index (κ1) is 19.1. The molecule has 2 aromatic rings. The Kier molecular flexibility index (Phi) is 6.21. The van der Waals surface area contributed by atoms with Crippen molar-refractivity contribution >= 4 is 11.7 Å². The molecule has 1 amide bonds. The Balaban J connectivity index is 1.55. The molecule has 0 bridgehead atoms. The largest absolute Gasteiger partial charge is 0.494 e. The summed E-state index contributed by atoms with van der Waals surface area (Å²) >= 11 is 0. The van der Waals surface area contributed by atoms with Gasteiger partial charge in [-0.15, -0.1) is 10.2 Å². The lowest BCUT2D eigenvalue weighted by Gasteiger charge is -2.23. The SMILES string of the molecule is CCCOc1ccc(C(=O)CCC(=O)N2CCC[C@H]2c2nncn2C)cc1. The summed E-state index contributed by atoms with van der Waals surface area (Å²) in [6.45, 7) is 3.41. The minimum Gasteiger partial charge on any atom is -0.494 e. The Bertz CT molecular complexity index is 785. The number of hydrogen-bond acceptors (Lipinski definition) is 5. The predicted octanol–water partition coefficient (Wildman–Crippen LogP) is 2.93. The molecular weight excluding hydrogens is 344 g/mol. The van der Waals surface area contributed by atoms with E-state index in [9.17, 15) is 9.59 Å². The van der Waals surface area contributed by atoms with Crippen LogP contribution < -0.4 is 4.74 Å². The third kappa shape index (κ3) is 4.53. The molecule has 0 saturated carbocycles. The van der Waals surface area contributed by atoms with Crippen molar-refractivity contribution in [3.05, 3.63) is 42.0 Å². The first-order chi connectivity index (χ1) is 13.1. The van der Waals surface area contributed by atoms with Gasteiger partial charge < -0.3 is 14.2 Å². The molecule has 0 N–H and O–H groups in total. The van der Waals surface area contributed by atoms with E-state index in [-0.39, 0.29) is 30.6 Å². The van der Waals surface area contributed by atoms with E-state index in [0.29, 0.717) is 18.7 Å². The number of carbonyl (C=O) groups is 2. The molecule has 1 atom stereocenters. The molecule has 1 aliphatic heterocycles. The molecule has 7 nitrogen and oxygen atoms in total. The summed E-state index contributed by atoms with van der Waals surface area (Å²) in [5, 5.41) is 8.05. The summed E-state index contributed by atoms with van der Waals surface area (Å²) in [6.07, 6.45) is 4.82. The van der Waals surface area contributed by atoms with Crippen LogP contribution in [0.5, 0.6) is 5.75 Å². The smallest absolute Gasteiger partial charge is 0.223 e. The Hall–Kier alpha value is -2.70. The lowest BCUT2D eigenvalue weighted by Crippen LogP contribution is -2.32. The van der Waals surface area contributed by atoms with Crippen molar-refractivity contribution in [3.63, 3.8) is 0 Å². The van der Waals surface area contributed by atoms with E-state index in [2.05, 4.69) is 10.2 Å².